The smallest absolute Gasteiger partial charge is 0.222 e. The third-order valence-electron chi connectivity index (χ3n) is 2.94. The van der Waals surface area contributed by atoms with E-state index in [1.807, 2.05) is 6.07 Å². The summed E-state index contributed by atoms with van der Waals surface area (Å²) >= 11 is 0. The largest absolute Gasteiger partial charge is 0.345 e. The molecule has 0 fully saturated rings. The maximum atomic E-state index is 11.7. The lowest BCUT2D eigenvalue weighted by molar-refractivity contribution is -0.131. The zero-order valence-corrected chi connectivity index (χ0v) is 11.4. The van der Waals surface area contributed by atoms with Crippen molar-refractivity contribution in [2.75, 3.05) is 13.6 Å². The van der Waals surface area contributed by atoms with E-state index in [4.69, 9.17) is 0 Å². The molecule has 0 bridgehead atoms. The number of benzene rings is 1. The van der Waals surface area contributed by atoms with Gasteiger partial charge in [-0.1, -0.05) is 29.8 Å². The highest BCUT2D eigenvalue weighted by Gasteiger charge is 2.09. The first-order chi connectivity index (χ1) is 8.49. The molecule has 3 nitrogen and oxygen atoms in total. The summed E-state index contributed by atoms with van der Waals surface area (Å²) in [5.41, 5.74) is 2.47. The number of Topliss-reactive ketones (excluding diaryl/α,β-unsaturated/α-hetero) is 1. The molecule has 1 aromatic rings. The minimum atomic E-state index is 0.0397. The highest BCUT2D eigenvalue weighted by atomic mass is 16.2. The Kier molecular flexibility index (Phi) is 5.56. The van der Waals surface area contributed by atoms with Crippen molar-refractivity contribution in [2.45, 2.75) is 33.1 Å². The standard InChI is InChI=1S/C15H21NO2/c1-12-5-4-6-14(11-12)9-10-16(3)15(18)8-7-13(2)17/h4-6,11H,7-10H2,1-3H3. The van der Waals surface area contributed by atoms with Gasteiger partial charge in [-0.2, -0.15) is 0 Å². The topological polar surface area (TPSA) is 37.4 Å². The molecule has 0 spiro atoms. The van der Waals surface area contributed by atoms with Gasteiger partial charge in [0.1, 0.15) is 5.78 Å². The van der Waals surface area contributed by atoms with Crippen LogP contribution in [0.15, 0.2) is 24.3 Å². The molecule has 0 atom stereocenters. The van der Waals surface area contributed by atoms with Crippen LogP contribution >= 0.6 is 0 Å². The molecular weight excluding hydrogens is 226 g/mol. The lowest BCUT2D eigenvalue weighted by atomic mass is 10.1. The first kappa shape index (κ1) is 14.4. The molecular formula is C15H21NO2. The van der Waals surface area contributed by atoms with Crippen molar-refractivity contribution in [2.24, 2.45) is 0 Å². The van der Waals surface area contributed by atoms with Crippen molar-refractivity contribution in [3.05, 3.63) is 35.4 Å². The molecule has 3 heteroatoms. The minimum absolute atomic E-state index is 0.0397. The fourth-order valence-corrected chi connectivity index (χ4v) is 1.76. The summed E-state index contributed by atoms with van der Waals surface area (Å²) in [5, 5.41) is 0. The van der Waals surface area contributed by atoms with Crippen LogP contribution in [0.2, 0.25) is 0 Å². The molecule has 1 amide bonds. The third-order valence-corrected chi connectivity index (χ3v) is 2.94. The highest BCUT2D eigenvalue weighted by molar-refractivity contribution is 5.83. The molecule has 0 aliphatic carbocycles. The van der Waals surface area contributed by atoms with Gasteiger partial charge >= 0.3 is 0 Å². The number of amides is 1. The summed E-state index contributed by atoms with van der Waals surface area (Å²) in [7, 11) is 1.79. The van der Waals surface area contributed by atoms with Crippen molar-refractivity contribution >= 4 is 11.7 Å². The van der Waals surface area contributed by atoms with Crippen LogP contribution in [0.1, 0.15) is 30.9 Å². The van der Waals surface area contributed by atoms with E-state index in [9.17, 15) is 9.59 Å². The van der Waals surface area contributed by atoms with Crippen LogP contribution in [0.3, 0.4) is 0 Å². The van der Waals surface area contributed by atoms with E-state index in [0.29, 0.717) is 19.4 Å². The number of hydrogen-bond donors (Lipinski definition) is 0. The molecule has 0 aliphatic heterocycles. The number of carbonyl (C=O) groups is 2. The molecule has 18 heavy (non-hydrogen) atoms. The molecule has 0 aliphatic rings. The van der Waals surface area contributed by atoms with E-state index in [0.717, 1.165) is 6.42 Å². The van der Waals surface area contributed by atoms with Crippen LogP contribution in [0.25, 0.3) is 0 Å². The lowest BCUT2D eigenvalue weighted by Gasteiger charge is -2.17. The third kappa shape index (κ3) is 5.13. The number of nitrogens with zero attached hydrogens (tertiary/aromatic N) is 1. The van der Waals surface area contributed by atoms with Gasteiger partial charge < -0.3 is 9.69 Å². The molecule has 0 unspecified atom stereocenters. The van der Waals surface area contributed by atoms with Crippen molar-refractivity contribution in [1.29, 1.82) is 0 Å². The van der Waals surface area contributed by atoms with E-state index in [1.165, 1.54) is 18.1 Å². The Balaban J connectivity index is 2.38. The number of likely N-dealkylation sites (N-methyl/N-ethyl adjacent to an activating group) is 1. The van der Waals surface area contributed by atoms with Crippen LogP contribution in [-0.2, 0) is 16.0 Å². The monoisotopic (exact) mass is 247 g/mol. The Bertz CT molecular complexity index is 426. The summed E-state index contributed by atoms with van der Waals surface area (Å²) in [4.78, 5) is 24.2. The van der Waals surface area contributed by atoms with Gasteiger partial charge in [-0.05, 0) is 25.8 Å². The average molecular weight is 247 g/mol. The average Bonchev–Trinajstić information content (AvgIpc) is 2.33. The Labute approximate surface area is 109 Å². The van der Waals surface area contributed by atoms with Crippen molar-refractivity contribution in [3.8, 4) is 0 Å². The molecule has 0 radical (unpaired) electrons. The zero-order chi connectivity index (χ0) is 13.5. The number of ketones is 1. The number of carbonyl (C=O) groups excluding carboxylic acids is 2. The Morgan fingerprint density at radius 1 is 1.22 bits per heavy atom. The molecule has 1 rings (SSSR count). The van der Waals surface area contributed by atoms with E-state index in [2.05, 4.69) is 25.1 Å². The molecule has 98 valence electrons. The van der Waals surface area contributed by atoms with E-state index in [-0.39, 0.29) is 11.7 Å². The molecule has 0 heterocycles. The molecule has 1 aromatic carbocycles. The van der Waals surface area contributed by atoms with Crippen LogP contribution in [0, 0.1) is 6.92 Å². The minimum Gasteiger partial charge on any atom is -0.345 e. The number of aryl methyl sites for hydroxylation is 1. The first-order valence-corrected chi connectivity index (χ1v) is 6.28. The second-order valence-electron chi connectivity index (χ2n) is 4.76. The van der Waals surface area contributed by atoms with E-state index >= 15 is 0 Å². The van der Waals surface area contributed by atoms with Gasteiger partial charge in [0.25, 0.3) is 0 Å². The zero-order valence-electron chi connectivity index (χ0n) is 11.4. The number of rotatable bonds is 6. The molecule has 0 saturated carbocycles. The normalized spacial score (nSPS) is 10.2. The highest BCUT2D eigenvalue weighted by Crippen LogP contribution is 2.06. The van der Waals surface area contributed by atoms with Crippen LogP contribution in [0.5, 0.6) is 0 Å². The maximum absolute atomic E-state index is 11.7. The quantitative estimate of drug-likeness (QED) is 0.774. The SMILES string of the molecule is CC(=O)CCC(=O)N(C)CCc1cccc(C)c1. The lowest BCUT2D eigenvalue weighted by Crippen LogP contribution is -2.28. The maximum Gasteiger partial charge on any atom is 0.222 e. The Morgan fingerprint density at radius 3 is 2.56 bits per heavy atom. The molecule has 0 saturated heterocycles. The van der Waals surface area contributed by atoms with Gasteiger partial charge in [-0.25, -0.2) is 0 Å². The summed E-state index contributed by atoms with van der Waals surface area (Å²) in [5.74, 6) is 0.105. The second kappa shape index (κ2) is 6.94. The summed E-state index contributed by atoms with van der Waals surface area (Å²) < 4.78 is 0. The second-order valence-corrected chi connectivity index (χ2v) is 4.76. The summed E-state index contributed by atoms with van der Waals surface area (Å²) in [6, 6.07) is 8.29. The van der Waals surface area contributed by atoms with Gasteiger partial charge in [0, 0.05) is 26.4 Å². The Morgan fingerprint density at radius 2 is 1.94 bits per heavy atom. The molecule has 0 N–H and O–H groups in total. The van der Waals surface area contributed by atoms with E-state index in [1.54, 1.807) is 11.9 Å². The summed E-state index contributed by atoms with van der Waals surface area (Å²) in [6.07, 6.45) is 1.51. The Hall–Kier alpha value is -1.64. The van der Waals surface area contributed by atoms with Crippen molar-refractivity contribution < 1.29 is 9.59 Å². The molecule has 0 aromatic heterocycles. The van der Waals surface area contributed by atoms with Gasteiger partial charge in [0.2, 0.25) is 5.91 Å². The predicted molar refractivity (Wildman–Crippen MR) is 72.4 cm³/mol. The first-order valence-electron chi connectivity index (χ1n) is 6.28. The van der Waals surface area contributed by atoms with Gasteiger partial charge in [-0.3, -0.25) is 4.79 Å². The predicted octanol–water partition coefficient (Wildman–Crippen LogP) is 2.37. The van der Waals surface area contributed by atoms with Crippen LogP contribution < -0.4 is 0 Å². The summed E-state index contributed by atoms with van der Waals surface area (Å²) in [6.45, 7) is 4.27. The van der Waals surface area contributed by atoms with Crippen LogP contribution in [0.4, 0.5) is 0 Å². The van der Waals surface area contributed by atoms with E-state index < -0.39 is 0 Å². The van der Waals surface area contributed by atoms with Crippen LogP contribution in [-0.4, -0.2) is 30.2 Å². The fraction of sp³-hybridized carbons (Fsp3) is 0.467. The van der Waals surface area contributed by atoms with Crippen molar-refractivity contribution in [3.63, 3.8) is 0 Å². The fourth-order valence-electron chi connectivity index (χ4n) is 1.76. The van der Waals surface area contributed by atoms with Crippen molar-refractivity contribution in [1.82, 2.24) is 4.90 Å². The van der Waals surface area contributed by atoms with Gasteiger partial charge in [-0.15, -0.1) is 0 Å². The number of hydrogen-bond acceptors (Lipinski definition) is 2. The van der Waals surface area contributed by atoms with Gasteiger partial charge in [0.05, 0.1) is 0 Å². The van der Waals surface area contributed by atoms with Gasteiger partial charge in [0.15, 0.2) is 0 Å².